The molecule has 0 spiro atoms. The molecule has 4 heteroatoms. The molecule has 1 aromatic carbocycles. The van der Waals surface area contributed by atoms with E-state index in [4.69, 9.17) is 11.1 Å². The molecule has 3 nitrogen and oxygen atoms in total. The van der Waals surface area contributed by atoms with Crippen LogP contribution in [0.4, 0.5) is 0 Å². The van der Waals surface area contributed by atoms with Crippen molar-refractivity contribution in [2.45, 2.75) is 10.6 Å². The lowest BCUT2D eigenvalue weighted by Gasteiger charge is -2.03. The highest BCUT2D eigenvalue weighted by Crippen LogP contribution is 2.21. The summed E-state index contributed by atoms with van der Waals surface area (Å²) in [6, 6.07) is 11.8. The van der Waals surface area contributed by atoms with Gasteiger partial charge < -0.3 is 5.73 Å². The lowest BCUT2D eigenvalue weighted by molar-refractivity contribution is 1.26. The minimum atomic E-state index is 0.110. The van der Waals surface area contributed by atoms with Gasteiger partial charge in [-0.15, -0.1) is 11.8 Å². The summed E-state index contributed by atoms with van der Waals surface area (Å²) in [5.74, 6) is 1.01. The number of hydrogen-bond acceptors (Lipinski definition) is 3. The van der Waals surface area contributed by atoms with Crippen molar-refractivity contribution >= 4 is 17.6 Å². The molecule has 2 rings (SSSR count). The molecular formula is C13H13N3S. The summed E-state index contributed by atoms with van der Waals surface area (Å²) in [4.78, 5) is 5.18. The number of benzene rings is 1. The Kier molecular flexibility index (Phi) is 3.77. The Morgan fingerprint density at radius 2 is 1.76 bits per heavy atom. The lowest BCUT2D eigenvalue weighted by atomic mass is 10.1. The van der Waals surface area contributed by atoms with E-state index in [-0.39, 0.29) is 5.84 Å². The fraction of sp³-hybridized carbons (Fsp3) is 0.0769. The van der Waals surface area contributed by atoms with Crippen LogP contribution in [0.2, 0.25) is 0 Å². The van der Waals surface area contributed by atoms with E-state index in [2.05, 4.69) is 4.98 Å². The number of pyridine rings is 1. The monoisotopic (exact) mass is 243 g/mol. The fourth-order valence-electron chi connectivity index (χ4n) is 1.38. The average molecular weight is 243 g/mol. The maximum Gasteiger partial charge on any atom is 0.122 e. The third-order valence-corrected chi connectivity index (χ3v) is 3.40. The van der Waals surface area contributed by atoms with Gasteiger partial charge in [-0.1, -0.05) is 24.3 Å². The molecule has 86 valence electrons. The minimum absolute atomic E-state index is 0.110. The lowest BCUT2D eigenvalue weighted by Crippen LogP contribution is -2.10. The van der Waals surface area contributed by atoms with Crippen LogP contribution in [0.15, 0.2) is 53.7 Å². The Morgan fingerprint density at radius 1 is 1.12 bits per heavy atom. The molecule has 17 heavy (non-hydrogen) atoms. The van der Waals surface area contributed by atoms with Gasteiger partial charge in [0.25, 0.3) is 0 Å². The van der Waals surface area contributed by atoms with Gasteiger partial charge in [-0.3, -0.25) is 10.4 Å². The van der Waals surface area contributed by atoms with E-state index >= 15 is 0 Å². The Balaban J connectivity index is 1.98. The number of amidine groups is 1. The third-order valence-electron chi connectivity index (χ3n) is 2.32. The first-order valence-electron chi connectivity index (χ1n) is 5.22. The predicted molar refractivity (Wildman–Crippen MR) is 71.3 cm³/mol. The summed E-state index contributed by atoms with van der Waals surface area (Å²) >= 11 is 1.76. The van der Waals surface area contributed by atoms with Crippen LogP contribution in [0.1, 0.15) is 11.1 Å². The summed E-state index contributed by atoms with van der Waals surface area (Å²) in [5, 5.41) is 7.31. The third kappa shape index (κ3) is 3.32. The molecule has 0 amide bonds. The van der Waals surface area contributed by atoms with Gasteiger partial charge in [0, 0.05) is 28.6 Å². The SMILES string of the molecule is N=C(N)c1ccc(CSc2ccncc2)cc1. The molecule has 0 bridgehead atoms. The first-order valence-corrected chi connectivity index (χ1v) is 6.20. The quantitative estimate of drug-likeness (QED) is 0.493. The summed E-state index contributed by atoms with van der Waals surface area (Å²) in [6.07, 6.45) is 3.59. The summed E-state index contributed by atoms with van der Waals surface area (Å²) in [7, 11) is 0. The number of hydrogen-bond donors (Lipinski definition) is 2. The fourth-order valence-corrected chi connectivity index (χ4v) is 2.22. The van der Waals surface area contributed by atoms with Crippen molar-refractivity contribution in [2.24, 2.45) is 5.73 Å². The maximum absolute atomic E-state index is 7.31. The molecule has 0 fully saturated rings. The molecule has 0 saturated heterocycles. The number of nitrogens with one attached hydrogen (secondary N) is 1. The molecule has 0 atom stereocenters. The van der Waals surface area contributed by atoms with Gasteiger partial charge in [-0.25, -0.2) is 0 Å². The molecule has 0 aliphatic carbocycles. The van der Waals surface area contributed by atoms with E-state index in [1.54, 1.807) is 24.2 Å². The van der Waals surface area contributed by atoms with Gasteiger partial charge in [0.2, 0.25) is 0 Å². The van der Waals surface area contributed by atoms with Crippen LogP contribution < -0.4 is 5.73 Å². The van der Waals surface area contributed by atoms with E-state index in [0.717, 1.165) is 11.3 Å². The zero-order valence-corrected chi connectivity index (χ0v) is 10.1. The van der Waals surface area contributed by atoms with Gasteiger partial charge in [0.05, 0.1) is 0 Å². The van der Waals surface area contributed by atoms with E-state index in [1.165, 1.54) is 10.5 Å². The van der Waals surface area contributed by atoms with Crippen molar-refractivity contribution in [3.63, 3.8) is 0 Å². The second-order valence-corrected chi connectivity index (χ2v) is 4.63. The highest BCUT2D eigenvalue weighted by atomic mass is 32.2. The first kappa shape index (κ1) is 11.7. The van der Waals surface area contributed by atoms with E-state index < -0.39 is 0 Å². The van der Waals surface area contributed by atoms with E-state index in [9.17, 15) is 0 Å². The molecule has 0 aliphatic rings. The predicted octanol–water partition coefficient (Wildman–Crippen LogP) is 2.66. The number of nitrogen functional groups attached to an aromatic ring is 1. The molecule has 0 unspecified atom stereocenters. The van der Waals surface area contributed by atoms with Crippen LogP contribution >= 0.6 is 11.8 Å². The number of aromatic nitrogens is 1. The normalized spacial score (nSPS) is 10.1. The summed E-state index contributed by atoms with van der Waals surface area (Å²) in [6.45, 7) is 0. The van der Waals surface area contributed by atoms with Crippen molar-refractivity contribution < 1.29 is 0 Å². The number of rotatable bonds is 4. The second-order valence-electron chi connectivity index (χ2n) is 3.58. The zero-order chi connectivity index (χ0) is 12.1. The van der Waals surface area contributed by atoms with Crippen molar-refractivity contribution in [3.8, 4) is 0 Å². The largest absolute Gasteiger partial charge is 0.384 e. The standard InChI is InChI=1S/C13H13N3S/c14-13(15)11-3-1-10(2-4-11)9-17-12-5-7-16-8-6-12/h1-8H,9H2,(H3,14,15). The van der Waals surface area contributed by atoms with Crippen LogP contribution in [-0.4, -0.2) is 10.8 Å². The molecule has 1 heterocycles. The van der Waals surface area contributed by atoms with Crippen LogP contribution in [0.3, 0.4) is 0 Å². The van der Waals surface area contributed by atoms with Crippen LogP contribution in [0.5, 0.6) is 0 Å². The maximum atomic E-state index is 7.31. The zero-order valence-electron chi connectivity index (χ0n) is 9.26. The van der Waals surface area contributed by atoms with Crippen molar-refractivity contribution in [1.29, 1.82) is 5.41 Å². The second kappa shape index (κ2) is 5.50. The Bertz CT molecular complexity index is 494. The van der Waals surface area contributed by atoms with Crippen molar-refractivity contribution in [3.05, 3.63) is 59.9 Å². The van der Waals surface area contributed by atoms with Crippen molar-refractivity contribution in [1.82, 2.24) is 4.98 Å². The van der Waals surface area contributed by atoms with Crippen molar-refractivity contribution in [2.75, 3.05) is 0 Å². The molecular weight excluding hydrogens is 230 g/mol. The summed E-state index contributed by atoms with van der Waals surface area (Å²) in [5.41, 5.74) is 7.39. The van der Waals surface area contributed by atoms with Gasteiger partial charge in [0.1, 0.15) is 5.84 Å². The van der Waals surface area contributed by atoms with Gasteiger partial charge in [-0.05, 0) is 17.7 Å². The van der Waals surface area contributed by atoms with E-state index in [1.807, 2.05) is 36.4 Å². The molecule has 0 radical (unpaired) electrons. The minimum Gasteiger partial charge on any atom is -0.384 e. The smallest absolute Gasteiger partial charge is 0.122 e. The Labute approximate surface area is 105 Å². The number of thioether (sulfide) groups is 1. The van der Waals surface area contributed by atoms with Gasteiger partial charge in [0.15, 0.2) is 0 Å². The molecule has 0 aliphatic heterocycles. The average Bonchev–Trinajstić information content (AvgIpc) is 2.38. The van der Waals surface area contributed by atoms with Gasteiger partial charge in [-0.2, -0.15) is 0 Å². The van der Waals surface area contributed by atoms with E-state index in [0.29, 0.717) is 0 Å². The Morgan fingerprint density at radius 3 is 2.35 bits per heavy atom. The highest BCUT2D eigenvalue weighted by molar-refractivity contribution is 7.98. The van der Waals surface area contributed by atoms with Crippen LogP contribution in [0.25, 0.3) is 0 Å². The molecule has 0 saturated carbocycles. The van der Waals surface area contributed by atoms with Crippen LogP contribution in [-0.2, 0) is 5.75 Å². The molecule has 1 aromatic heterocycles. The summed E-state index contributed by atoms with van der Waals surface area (Å²) < 4.78 is 0. The first-order chi connectivity index (χ1) is 8.25. The van der Waals surface area contributed by atoms with Gasteiger partial charge >= 0.3 is 0 Å². The number of nitrogens with two attached hydrogens (primary N) is 1. The highest BCUT2D eigenvalue weighted by Gasteiger charge is 1.98. The number of nitrogens with zero attached hydrogens (tertiary/aromatic N) is 1. The molecule has 3 N–H and O–H groups in total. The van der Waals surface area contributed by atoms with Crippen LogP contribution in [0, 0.1) is 5.41 Å². The topological polar surface area (TPSA) is 62.8 Å². The Hall–Kier alpha value is -1.81. The molecule has 2 aromatic rings.